The number of rotatable bonds is 2. The fraction of sp³-hybridized carbons (Fsp3) is 0.0667. The topological polar surface area (TPSA) is 107 Å². The highest BCUT2D eigenvalue weighted by Crippen LogP contribution is 2.38. The van der Waals surface area contributed by atoms with Gasteiger partial charge < -0.3 is 16.6 Å². The quantitative estimate of drug-likeness (QED) is 0.619. The monoisotopic (exact) mass is 394 g/mol. The van der Waals surface area contributed by atoms with Gasteiger partial charge in [0.15, 0.2) is 0 Å². The number of aromatic hydroxyl groups is 1. The summed E-state index contributed by atoms with van der Waals surface area (Å²) in [5.41, 5.74) is 13.4. The first-order valence-corrected chi connectivity index (χ1v) is 7.73. The molecule has 1 aromatic carbocycles. The maximum atomic E-state index is 11.8. The van der Waals surface area contributed by atoms with Gasteiger partial charge in [-0.1, -0.05) is 11.6 Å². The SMILES string of the molecule is Cc1c(O)ccc(Br)c1-n1c(N)c(C(N)=O)c2cc(Cl)cnc21. The molecule has 0 radical (unpaired) electrons. The van der Waals surface area contributed by atoms with Gasteiger partial charge in [0.1, 0.15) is 17.2 Å². The number of fused-ring (bicyclic) bond motifs is 1. The average Bonchev–Trinajstić information content (AvgIpc) is 2.75. The van der Waals surface area contributed by atoms with Gasteiger partial charge in [0.25, 0.3) is 5.91 Å². The number of aromatic nitrogens is 2. The van der Waals surface area contributed by atoms with Crippen molar-refractivity contribution in [3.05, 3.63) is 45.0 Å². The van der Waals surface area contributed by atoms with Gasteiger partial charge in [-0.25, -0.2) is 4.98 Å². The first-order chi connectivity index (χ1) is 10.8. The predicted molar refractivity (Wildman–Crippen MR) is 93.1 cm³/mol. The molecular weight excluding hydrogens is 384 g/mol. The van der Waals surface area contributed by atoms with E-state index < -0.39 is 5.91 Å². The van der Waals surface area contributed by atoms with Crippen LogP contribution in [-0.4, -0.2) is 20.6 Å². The zero-order chi connectivity index (χ0) is 16.9. The molecule has 0 aliphatic carbocycles. The van der Waals surface area contributed by atoms with Crippen LogP contribution in [0.15, 0.2) is 28.9 Å². The third-order valence-corrected chi connectivity index (χ3v) is 4.48. The Labute approximate surface area is 144 Å². The summed E-state index contributed by atoms with van der Waals surface area (Å²) >= 11 is 9.42. The molecule has 0 aliphatic rings. The largest absolute Gasteiger partial charge is 0.508 e. The van der Waals surface area contributed by atoms with Crippen molar-refractivity contribution in [2.24, 2.45) is 5.73 Å². The van der Waals surface area contributed by atoms with Gasteiger partial charge in [0, 0.05) is 21.6 Å². The molecule has 3 rings (SSSR count). The van der Waals surface area contributed by atoms with Crippen LogP contribution in [0.5, 0.6) is 5.75 Å². The van der Waals surface area contributed by atoms with E-state index in [-0.39, 0.29) is 17.1 Å². The van der Waals surface area contributed by atoms with Crippen LogP contribution in [0, 0.1) is 6.92 Å². The summed E-state index contributed by atoms with van der Waals surface area (Å²) in [6, 6.07) is 4.83. The highest BCUT2D eigenvalue weighted by atomic mass is 79.9. The molecule has 0 unspecified atom stereocenters. The number of pyridine rings is 1. The number of nitrogens with zero attached hydrogens (tertiary/aromatic N) is 2. The summed E-state index contributed by atoms with van der Waals surface area (Å²) in [5.74, 6) is -0.444. The number of nitrogen functional groups attached to an aromatic ring is 1. The van der Waals surface area contributed by atoms with E-state index >= 15 is 0 Å². The van der Waals surface area contributed by atoms with Gasteiger partial charge in [-0.05, 0) is 41.1 Å². The number of carbonyl (C=O) groups is 1. The van der Waals surface area contributed by atoms with E-state index in [1.54, 1.807) is 29.7 Å². The van der Waals surface area contributed by atoms with Gasteiger partial charge in [-0.2, -0.15) is 0 Å². The van der Waals surface area contributed by atoms with E-state index in [9.17, 15) is 9.90 Å². The second-order valence-electron chi connectivity index (χ2n) is 5.02. The van der Waals surface area contributed by atoms with Crippen molar-refractivity contribution < 1.29 is 9.90 Å². The zero-order valence-corrected chi connectivity index (χ0v) is 14.3. The third kappa shape index (κ3) is 2.32. The fourth-order valence-corrected chi connectivity index (χ4v) is 3.34. The first-order valence-electron chi connectivity index (χ1n) is 6.56. The molecule has 0 spiro atoms. The Morgan fingerprint density at radius 1 is 1.43 bits per heavy atom. The molecule has 0 bridgehead atoms. The molecule has 118 valence electrons. The molecule has 3 aromatic rings. The molecule has 1 amide bonds. The van der Waals surface area contributed by atoms with E-state index in [2.05, 4.69) is 20.9 Å². The van der Waals surface area contributed by atoms with Crippen LogP contribution in [0.1, 0.15) is 15.9 Å². The summed E-state index contributed by atoms with van der Waals surface area (Å²) in [5, 5.41) is 10.8. The van der Waals surface area contributed by atoms with Crippen LogP contribution in [0.25, 0.3) is 16.7 Å². The number of benzene rings is 1. The minimum absolute atomic E-state index is 0.0963. The van der Waals surface area contributed by atoms with E-state index in [0.717, 1.165) is 0 Å². The number of phenols is 1. The Bertz CT molecular complexity index is 968. The number of hydrogen-bond acceptors (Lipinski definition) is 4. The minimum Gasteiger partial charge on any atom is -0.508 e. The maximum absolute atomic E-state index is 11.8. The Hall–Kier alpha value is -2.25. The van der Waals surface area contributed by atoms with Crippen LogP contribution in [0.3, 0.4) is 0 Å². The van der Waals surface area contributed by atoms with Gasteiger partial charge in [0.2, 0.25) is 0 Å². The molecule has 6 nitrogen and oxygen atoms in total. The molecule has 0 aliphatic heterocycles. The van der Waals surface area contributed by atoms with Crippen molar-refractivity contribution in [3.63, 3.8) is 0 Å². The van der Waals surface area contributed by atoms with Crippen molar-refractivity contribution in [2.75, 3.05) is 5.73 Å². The van der Waals surface area contributed by atoms with Crippen molar-refractivity contribution in [3.8, 4) is 11.4 Å². The second-order valence-corrected chi connectivity index (χ2v) is 6.32. The smallest absolute Gasteiger partial charge is 0.253 e. The predicted octanol–water partition coefficient (Wildman–Crippen LogP) is 3.14. The van der Waals surface area contributed by atoms with Gasteiger partial charge in [-0.15, -0.1) is 0 Å². The van der Waals surface area contributed by atoms with Gasteiger partial charge in [0.05, 0.1) is 16.3 Å². The Balaban J connectivity index is 2.52. The highest BCUT2D eigenvalue weighted by molar-refractivity contribution is 9.10. The zero-order valence-electron chi connectivity index (χ0n) is 12.0. The molecule has 0 fully saturated rings. The van der Waals surface area contributed by atoms with Crippen LogP contribution in [-0.2, 0) is 0 Å². The molecule has 0 saturated heterocycles. The lowest BCUT2D eigenvalue weighted by atomic mass is 10.2. The summed E-state index contributed by atoms with van der Waals surface area (Å²) in [7, 11) is 0. The standard InChI is InChI=1S/C15H12BrClN4O2/c1-6-10(22)3-2-9(16)12(6)21-13(18)11(14(19)23)8-4-7(17)5-20-15(8)21/h2-5,22H,18H2,1H3,(H2,19,23). The second kappa shape index (κ2) is 5.43. The number of primary amides is 1. The molecule has 2 heterocycles. The number of nitrogens with two attached hydrogens (primary N) is 2. The Morgan fingerprint density at radius 3 is 2.78 bits per heavy atom. The van der Waals surface area contributed by atoms with E-state index in [0.29, 0.717) is 31.8 Å². The summed E-state index contributed by atoms with van der Waals surface area (Å²) in [6.45, 7) is 1.74. The number of carbonyl (C=O) groups excluding carboxylic acids is 1. The van der Waals surface area contributed by atoms with E-state index in [1.165, 1.54) is 6.20 Å². The van der Waals surface area contributed by atoms with Crippen molar-refractivity contribution in [2.45, 2.75) is 6.92 Å². The number of halogens is 2. The summed E-state index contributed by atoms with van der Waals surface area (Å²) in [4.78, 5) is 16.1. The molecule has 23 heavy (non-hydrogen) atoms. The molecule has 0 atom stereocenters. The van der Waals surface area contributed by atoms with Gasteiger partial charge in [-0.3, -0.25) is 9.36 Å². The Kier molecular flexibility index (Phi) is 3.69. The molecule has 8 heteroatoms. The minimum atomic E-state index is -0.677. The number of anilines is 1. The van der Waals surface area contributed by atoms with E-state index in [1.807, 2.05) is 0 Å². The summed E-state index contributed by atoms with van der Waals surface area (Å²) < 4.78 is 2.26. The normalized spacial score (nSPS) is 11.1. The highest BCUT2D eigenvalue weighted by Gasteiger charge is 2.24. The lowest BCUT2D eigenvalue weighted by Crippen LogP contribution is -2.14. The third-order valence-electron chi connectivity index (χ3n) is 3.63. The number of amides is 1. The fourth-order valence-electron chi connectivity index (χ4n) is 2.57. The molecule has 0 saturated carbocycles. The lowest BCUT2D eigenvalue weighted by Gasteiger charge is -2.14. The van der Waals surface area contributed by atoms with Crippen molar-refractivity contribution in [1.82, 2.24) is 9.55 Å². The molecule has 5 N–H and O–H groups in total. The van der Waals surface area contributed by atoms with E-state index in [4.69, 9.17) is 23.1 Å². The maximum Gasteiger partial charge on any atom is 0.253 e. The van der Waals surface area contributed by atoms with Crippen molar-refractivity contribution in [1.29, 1.82) is 0 Å². The van der Waals surface area contributed by atoms with Crippen LogP contribution in [0.4, 0.5) is 5.82 Å². The lowest BCUT2D eigenvalue weighted by molar-refractivity contribution is 0.100. The molecular formula is C15H12BrClN4O2. The number of hydrogen-bond donors (Lipinski definition) is 3. The van der Waals surface area contributed by atoms with Crippen LogP contribution < -0.4 is 11.5 Å². The number of phenolic OH excluding ortho intramolecular Hbond substituents is 1. The summed E-state index contributed by atoms with van der Waals surface area (Å²) in [6.07, 6.45) is 1.45. The Morgan fingerprint density at radius 2 is 2.13 bits per heavy atom. The average molecular weight is 396 g/mol. The van der Waals surface area contributed by atoms with Crippen LogP contribution >= 0.6 is 27.5 Å². The molecule has 2 aromatic heterocycles. The van der Waals surface area contributed by atoms with Crippen LogP contribution in [0.2, 0.25) is 5.02 Å². The van der Waals surface area contributed by atoms with Crippen molar-refractivity contribution >= 4 is 50.3 Å². The first kappa shape index (κ1) is 15.6. The van der Waals surface area contributed by atoms with Gasteiger partial charge >= 0.3 is 0 Å².